The van der Waals surface area contributed by atoms with Gasteiger partial charge >= 0.3 is 5.97 Å². The van der Waals surface area contributed by atoms with Crippen LogP contribution >= 0.6 is 0 Å². The number of carboxylic acids is 1. The summed E-state index contributed by atoms with van der Waals surface area (Å²) in [5.74, 6) is -1.69. The molecule has 0 spiro atoms. The second-order valence-corrected chi connectivity index (χ2v) is 11.4. The maximum Gasteiger partial charge on any atom is 0.335 e. The molecule has 4 rings (SSSR count). The maximum atomic E-state index is 13.8. The number of nitroso groups, excluding NO2 is 1. The summed E-state index contributed by atoms with van der Waals surface area (Å²) in [6.07, 6.45) is -0.561. The van der Waals surface area contributed by atoms with Gasteiger partial charge in [0, 0.05) is 18.7 Å². The van der Waals surface area contributed by atoms with Crippen molar-refractivity contribution in [2.45, 2.75) is 29.4 Å². The van der Waals surface area contributed by atoms with Crippen molar-refractivity contribution in [2.24, 2.45) is 5.29 Å². The van der Waals surface area contributed by atoms with E-state index in [1.165, 1.54) is 53.4 Å². The minimum absolute atomic E-state index is 0.0172. The van der Waals surface area contributed by atoms with E-state index >= 15 is 0 Å². The first-order valence-electron chi connectivity index (χ1n) is 11.9. The van der Waals surface area contributed by atoms with Crippen LogP contribution in [0.15, 0.2) is 83.0 Å². The average molecular weight is 552 g/mol. The van der Waals surface area contributed by atoms with E-state index in [0.717, 1.165) is 5.56 Å². The van der Waals surface area contributed by atoms with Gasteiger partial charge in [0.15, 0.2) is 14.6 Å². The SMILES string of the molecule is Cc1ccc(Oc2ccc(S(=O)(=O)C3(C(=O)NN=O)CCN(C(=O)c4ccc(C(=O)O)cc4)CC3)cc2)cc1. The van der Waals surface area contributed by atoms with E-state index in [1.54, 1.807) is 17.6 Å². The van der Waals surface area contributed by atoms with Crippen LogP contribution in [0, 0.1) is 11.8 Å². The van der Waals surface area contributed by atoms with Crippen molar-refractivity contribution >= 4 is 27.6 Å². The van der Waals surface area contributed by atoms with Crippen LogP contribution in [0.1, 0.15) is 39.1 Å². The van der Waals surface area contributed by atoms with Gasteiger partial charge in [-0.1, -0.05) is 17.7 Å². The van der Waals surface area contributed by atoms with Crippen LogP contribution in [0.25, 0.3) is 0 Å². The van der Waals surface area contributed by atoms with Gasteiger partial charge in [0.2, 0.25) is 0 Å². The Balaban J connectivity index is 1.55. The van der Waals surface area contributed by atoms with Crippen LogP contribution in [-0.2, 0) is 14.6 Å². The molecule has 0 saturated carbocycles. The van der Waals surface area contributed by atoms with E-state index in [2.05, 4.69) is 5.29 Å². The number of amides is 2. The Hall–Kier alpha value is -4.58. The molecule has 1 heterocycles. The molecule has 3 aromatic rings. The van der Waals surface area contributed by atoms with Crippen molar-refractivity contribution < 1.29 is 32.6 Å². The second-order valence-electron chi connectivity index (χ2n) is 9.09. The van der Waals surface area contributed by atoms with Gasteiger partial charge in [-0.3, -0.25) is 9.59 Å². The third-order valence-corrected chi connectivity index (χ3v) is 9.22. The number of nitrogens with one attached hydrogen (secondary N) is 1. The summed E-state index contributed by atoms with van der Waals surface area (Å²) < 4.78 is 31.3. The number of rotatable bonds is 8. The first-order valence-corrected chi connectivity index (χ1v) is 13.4. The van der Waals surface area contributed by atoms with Gasteiger partial charge in [-0.05, 0) is 80.4 Å². The second kappa shape index (κ2) is 11.0. The number of sulfone groups is 1. The number of aryl methyl sites for hydroxylation is 1. The van der Waals surface area contributed by atoms with Gasteiger partial charge in [0.25, 0.3) is 11.8 Å². The first kappa shape index (κ1) is 27.5. The number of hydrogen-bond donors (Lipinski definition) is 2. The van der Waals surface area contributed by atoms with Crippen LogP contribution in [-0.4, -0.2) is 54.0 Å². The van der Waals surface area contributed by atoms with Crippen LogP contribution in [0.2, 0.25) is 0 Å². The van der Waals surface area contributed by atoms with Gasteiger partial charge in [0.1, 0.15) is 11.5 Å². The van der Waals surface area contributed by atoms with Crippen molar-refractivity contribution in [3.05, 3.63) is 94.4 Å². The number of aromatic carboxylic acids is 1. The number of benzene rings is 3. The minimum atomic E-state index is -4.34. The lowest BCUT2D eigenvalue weighted by Gasteiger charge is -2.39. The molecular formula is C27H25N3O8S. The molecule has 1 aliphatic rings. The molecule has 0 aliphatic carbocycles. The number of carbonyl (C=O) groups is 3. The Morgan fingerprint density at radius 3 is 1.90 bits per heavy atom. The molecule has 0 bridgehead atoms. The number of ether oxygens (including phenoxy) is 1. The third-order valence-electron chi connectivity index (χ3n) is 6.70. The Bertz CT molecular complexity index is 1490. The van der Waals surface area contributed by atoms with E-state index in [1.807, 2.05) is 19.1 Å². The molecule has 11 nitrogen and oxygen atoms in total. The summed E-state index contributed by atoms with van der Waals surface area (Å²) in [6.45, 7) is 1.74. The molecule has 0 unspecified atom stereocenters. The van der Waals surface area contributed by atoms with Gasteiger partial charge < -0.3 is 14.7 Å². The molecule has 0 atom stereocenters. The van der Waals surface area contributed by atoms with Crippen LogP contribution < -0.4 is 10.2 Å². The summed E-state index contributed by atoms with van der Waals surface area (Å²) in [5, 5.41) is 11.4. The largest absolute Gasteiger partial charge is 0.478 e. The van der Waals surface area contributed by atoms with Crippen molar-refractivity contribution in [2.75, 3.05) is 13.1 Å². The molecule has 3 aromatic carbocycles. The fourth-order valence-electron chi connectivity index (χ4n) is 4.42. The predicted molar refractivity (Wildman–Crippen MR) is 140 cm³/mol. The number of likely N-dealkylation sites (tertiary alicyclic amines) is 1. The molecule has 2 N–H and O–H groups in total. The number of nitrogens with zero attached hydrogens (tertiary/aromatic N) is 2. The number of piperidine rings is 1. The molecule has 1 fully saturated rings. The minimum Gasteiger partial charge on any atom is -0.478 e. The van der Waals surface area contributed by atoms with Crippen molar-refractivity contribution in [3.63, 3.8) is 0 Å². The third kappa shape index (κ3) is 5.50. The Kier molecular flexibility index (Phi) is 7.77. The van der Waals surface area contributed by atoms with E-state index in [9.17, 15) is 27.7 Å². The van der Waals surface area contributed by atoms with Crippen molar-refractivity contribution in [1.82, 2.24) is 10.3 Å². The monoisotopic (exact) mass is 551 g/mol. The molecule has 2 amide bonds. The smallest absolute Gasteiger partial charge is 0.335 e. The molecule has 1 saturated heterocycles. The highest BCUT2D eigenvalue weighted by atomic mass is 32.2. The Morgan fingerprint density at radius 1 is 0.872 bits per heavy atom. The van der Waals surface area contributed by atoms with E-state index in [0.29, 0.717) is 11.5 Å². The lowest BCUT2D eigenvalue weighted by molar-refractivity contribution is -0.124. The van der Waals surface area contributed by atoms with E-state index in [-0.39, 0.29) is 42.0 Å². The molecule has 39 heavy (non-hydrogen) atoms. The summed E-state index contributed by atoms with van der Waals surface area (Å²) in [4.78, 5) is 49.0. The number of hydrogen-bond acceptors (Lipinski definition) is 8. The van der Waals surface area contributed by atoms with Gasteiger partial charge in [-0.2, -0.15) is 0 Å². The van der Waals surface area contributed by atoms with Crippen LogP contribution in [0.3, 0.4) is 0 Å². The topological polar surface area (TPSA) is 160 Å². The van der Waals surface area contributed by atoms with Crippen LogP contribution in [0.4, 0.5) is 0 Å². The molecule has 0 aromatic heterocycles. The van der Waals surface area contributed by atoms with Crippen LogP contribution in [0.5, 0.6) is 11.5 Å². The predicted octanol–water partition coefficient (Wildman–Crippen LogP) is 3.73. The normalized spacial score (nSPS) is 14.7. The number of carbonyl (C=O) groups excluding carboxylic acids is 2. The first-order chi connectivity index (χ1) is 18.6. The molecular weight excluding hydrogens is 526 g/mol. The van der Waals surface area contributed by atoms with Gasteiger partial charge in [-0.25, -0.2) is 18.6 Å². The summed E-state index contributed by atoms with van der Waals surface area (Å²) >= 11 is 0. The molecule has 12 heteroatoms. The maximum absolute atomic E-state index is 13.8. The van der Waals surface area contributed by atoms with E-state index in [4.69, 9.17) is 9.84 Å². The zero-order chi connectivity index (χ0) is 28.2. The Labute approximate surface area is 224 Å². The van der Waals surface area contributed by atoms with Crippen molar-refractivity contribution in [1.29, 1.82) is 0 Å². The lowest BCUT2D eigenvalue weighted by atomic mass is 9.94. The standard InChI is InChI=1S/C27H25N3O8S/c1-18-2-8-21(9-3-18)38-22-10-12-23(13-11-22)39(36,37)27(26(34)28-29-35)14-16-30(17-15-27)24(31)19-4-6-20(7-5-19)25(32)33/h2-13H,14-17H2,1H3,(H,32,33)(H,28,34,35). The Morgan fingerprint density at radius 2 is 1.38 bits per heavy atom. The average Bonchev–Trinajstić information content (AvgIpc) is 2.94. The zero-order valence-corrected chi connectivity index (χ0v) is 21.7. The molecule has 202 valence electrons. The molecule has 0 radical (unpaired) electrons. The number of carboxylic acid groups (broad SMARTS) is 1. The molecule has 1 aliphatic heterocycles. The quantitative estimate of drug-likeness (QED) is 0.316. The fourth-order valence-corrected chi connectivity index (χ4v) is 6.38. The van der Waals surface area contributed by atoms with Gasteiger partial charge in [-0.15, -0.1) is 4.91 Å². The van der Waals surface area contributed by atoms with Crippen molar-refractivity contribution in [3.8, 4) is 11.5 Å². The summed E-state index contributed by atoms with van der Waals surface area (Å²) in [5.41, 5.74) is 3.04. The summed E-state index contributed by atoms with van der Waals surface area (Å²) in [6, 6.07) is 18.2. The zero-order valence-electron chi connectivity index (χ0n) is 20.9. The highest BCUT2D eigenvalue weighted by molar-refractivity contribution is 7.93. The fraction of sp³-hybridized carbons (Fsp3) is 0.222. The summed E-state index contributed by atoms with van der Waals surface area (Å²) in [7, 11) is -4.34. The highest BCUT2D eigenvalue weighted by Gasteiger charge is 2.53. The highest BCUT2D eigenvalue weighted by Crippen LogP contribution is 2.37. The van der Waals surface area contributed by atoms with Gasteiger partial charge in [0.05, 0.1) is 15.7 Å². The lowest BCUT2D eigenvalue weighted by Crippen LogP contribution is -2.58. The van der Waals surface area contributed by atoms with E-state index < -0.39 is 32.4 Å².